The van der Waals surface area contributed by atoms with Gasteiger partial charge >= 0.3 is 0 Å². The lowest BCUT2D eigenvalue weighted by Crippen LogP contribution is -2.51. The average molecular weight is 277 g/mol. The first-order chi connectivity index (χ1) is 9.58. The van der Waals surface area contributed by atoms with Crippen molar-refractivity contribution in [2.45, 2.75) is 33.7 Å². The monoisotopic (exact) mass is 277 g/mol. The Bertz CT molecular complexity index is 406. The maximum absolute atomic E-state index is 4.43. The highest BCUT2D eigenvalue weighted by molar-refractivity contribution is 5.27. The van der Waals surface area contributed by atoms with Crippen molar-refractivity contribution >= 4 is 5.95 Å². The van der Waals surface area contributed by atoms with Crippen molar-refractivity contribution in [3.05, 3.63) is 17.5 Å². The molecule has 1 N–H and O–H groups in total. The summed E-state index contributed by atoms with van der Waals surface area (Å²) in [7, 11) is 0. The molecule has 0 radical (unpaired) electrons. The molecule has 0 saturated carbocycles. The Balaban J connectivity index is 1.81. The van der Waals surface area contributed by atoms with E-state index >= 15 is 0 Å². The van der Waals surface area contributed by atoms with Crippen molar-refractivity contribution in [1.82, 2.24) is 19.8 Å². The van der Waals surface area contributed by atoms with Gasteiger partial charge in [-0.15, -0.1) is 0 Å². The highest BCUT2D eigenvalue weighted by Gasteiger charge is 2.20. The molecule has 20 heavy (non-hydrogen) atoms. The van der Waals surface area contributed by atoms with E-state index in [1.807, 2.05) is 19.9 Å². The molecule has 0 aliphatic carbocycles. The van der Waals surface area contributed by atoms with E-state index in [2.05, 4.69) is 38.9 Å². The van der Waals surface area contributed by atoms with E-state index in [-0.39, 0.29) is 0 Å². The van der Waals surface area contributed by atoms with Gasteiger partial charge in [0.05, 0.1) is 0 Å². The number of anilines is 1. The Morgan fingerprint density at radius 3 is 2.30 bits per heavy atom. The number of aryl methyl sites for hydroxylation is 2. The van der Waals surface area contributed by atoms with Crippen LogP contribution < -0.4 is 5.32 Å². The van der Waals surface area contributed by atoms with Gasteiger partial charge in [0.25, 0.3) is 0 Å². The molecule has 1 unspecified atom stereocenters. The minimum absolute atomic E-state index is 0.512. The standard InChI is InChI=1S/C15H27N5/c1-5-19-6-8-20(9-7-19)14(4)11-16-15-17-12(2)10-13(3)18-15/h10,14H,5-9,11H2,1-4H3,(H,16,17,18). The maximum atomic E-state index is 4.43. The largest absolute Gasteiger partial charge is 0.353 e. The smallest absolute Gasteiger partial charge is 0.223 e. The van der Waals surface area contributed by atoms with Crippen LogP contribution in [0.3, 0.4) is 0 Å². The number of aromatic nitrogens is 2. The van der Waals surface area contributed by atoms with Crippen molar-refractivity contribution in [2.75, 3.05) is 44.6 Å². The molecule has 5 nitrogen and oxygen atoms in total. The van der Waals surface area contributed by atoms with Crippen LogP contribution in [0.2, 0.25) is 0 Å². The third-order valence-electron chi connectivity index (χ3n) is 4.02. The summed E-state index contributed by atoms with van der Waals surface area (Å²) >= 11 is 0. The van der Waals surface area contributed by atoms with E-state index in [1.54, 1.807) is 0 Å². The molecular formula is C15H27N5. The van der Waals surface area contributed by atoms with Crippen LogP contribution in [0.5, 0.6) is 0 Å². The van der Waals surface area contributed by atoms with E-state index < -0.39 is 0 Å². The Morgan fingerprint density at radius 1 is 1.15 bits per heavy atom. The molecule has 1 aromatic rings. The fourth-order valence-electron chi connectivity index (χ4n) is 2.69. The normalized spacial score (nSPS) is 19.0. The SMILES string of the molecule is CCN1CCN(C(C)CNc2nc(C)cc(C)n2)CC1. The molecule has 1 fully saturated rings. The van der Waals surface area contributed by atoms with Gasteiger partial charge in [-0.2, -0.15) is 0 Å². The Morgan fingerprint density at radius 2 is 1.75 bits per heavy atom. The van der Waals surface area contributed by atoms with Crippen LogP contribution in [-0.4, -0.2) is 65.1 Å². The molecule has 0 bridgehead atoms. The molecule has 1 aliphatic heterocycles. The first-order valence-electron chi connectivity index (χ1n) is 7.61. The molecular weight excluding hydrogens is 250 g/mol. The quantitative estimate of drug-likeness (QED) is 0.884. The van der Waals surface area contributed by atoms with Crippen LogP contribution in [-0.2, 0) is 0 Å². The summed E-state index contributed by atoms with van der Waals surface area (Å²) < 4.78 is 0. The zero-order valence-electron chi connectivity index (χ0n) is 13.2. The number of rotatable bonds is 5. The summed E-state index contributed by atoms with van der Waals surface area (Å²) in [5.41, 5.74) is 2.04. The van der Waals surface area contributed by atoms with Gasteiger partial charge in [0, 0.05) is 50.2 Å². The number of likely N-dealkylation sites (N-methyl/N-ethyl adjacent to an activating group) is 1. The first kappa shape index (κ1) is 15.2. The molecule has 0 amide bonds. The van der Waals surface area contributed by atoms with E-state index in [0.29, 0.717) is 6.04 Å². The molecule has 2 heterocycles. The second-order valence-corrected chi connectivity index (χ2v) is 5.67. The zero-order valence-corrected chi connectivity index (χ0v) is 13.2. The topological polar surface area (TPSA) is 44.3 Å². The van der Waals surface area contributed by atoms with Gasteiger partial charge in [-0.25, -0.2) is 9.97 Å². The van der Waals surface area contributed by atoms with Gasteiger partial charge in [-0.1, -0.05) is 6.92 Å². The number of nitrogens with zero attached hydrogens (tertiary/aromatic N) is 4. The lowest BCUT2D eigenvalue weighted by molar-refractivity contribution is 0.110. The van der Waals surface area contributed by atoms with Crippen LogP contribution in [0.25, 0.3) is 0 Å². The predicted octanol–water partition coefficient (Wildman–Crippen LogP) is 1.53. The average Bonchev–Trinajstić information content (AvgIpc) is 2.44. The van der Waals surface area contributed by atoms with E-state index in [0.717, 1.165) is 43.5 Å². The molecule has 0 aromatic carbocycles. The van der Waals surface area contributed by atoms with Crippen LogP contribution in [0.1, 0.15) is 25.2 Å². The third kappa shape index (κ3) is 4.15. The molecule has 2 rings (SSSR count). The molecule has 1 atom stereocenters. The first-order valence-corrected chi connectivity index (χ1v) is 7.61. The van der Waals surface area contributed by atoms with Gasteiger partial charge in [-0.05, 0) is 33.4 Å². The van der Waals surface area contributed by atoms with Gasteiger partial charge in [0.2, 0.25) is 5.95 Å². The number of nitrogens with one attached hydrogen (secondary N) is 1. The number of piperazine rings is 1. The van der Waals surface area contributed by atoms with Crippen LogP contribution >= 0.6 is 0 Å². The van der Waals surface area contributed by atoms with Crippen LogP contribution in [0.4, 0.5) is 5.95 Å². The predicted molar refractivity (Wildman–Crippen MR) is 83.1 cm³/mol. The highest BCUT2D eigenvalue weighted by atomic mass is 15.3. The van der Waals surface area contributed by atoms with Crippen molar-refractivity contribution in [2.24, 2.45) is 0 Å². The zero-order chi connectivity index (χ0) is 14.5. The lowest BCUT2D eigenvalue weighted by atomic mass is 10.2. The summed E-state index contributed by atoms with van der Waals surface area (Å²) in [5, 5.41) is 3.37. The van der Waals surface area contributed by atoms with Crippen molar-refractivity contribution in [3.8, 4) is 0 Å². The third-order valence-corrected chi connectivity index (χ3v) is 4.02. The fourth-order valence-corrected chi connectivity index (χ4v) is 2.69. The Kier molecular flexibility index (Phi) is 5.31. The minimum atomic E-state index is 0.512. The van der Waals surface area contributed by atoms with E-state index in [4.69, 9.17) is 0 Å². The van der Waals surface area contributed by atoms with Gasteiger partial charge in [0.15, 0.2) is 0 Å². The highest BCUT2D eigenvalue weighted by Crippen LogP contribution is 2.08. The fraction of sp³-hybridized carbons (Fsp3) is 0.733. The molecule has 1 aliphatic rings. The molecule has 1 saturated heterocycles. The second kappa shape index (κ2) is 6.99. The lowest BCUT2D eigenvalue weighted by Gasteiger charge is -2.37. The van der Waals surface area contributed by atoms with Crippen molar-refractivity contribution < 1.29 is 0 Å². The summed E-state index contributed by atoms with van der Waals surface area (Å²) in [6, 6.07) is 2.51. The molecule has 112 valence electrons. The van der Waals surface area contributed by atoms with E-state index in [1.165, 1.54) is 13.1 Å². The summed E-state index contributed by atoms with van der Waals surface area (Å²) in [6.07, 6.45) is 0. The van der Waals surface area contributed by atoms with Gasteiger partial charge < -0.3 is 10.2 Å². The Labute approximate surface area is 122 Å². The van der Waals surface area contributed by atoms with Gasteiger partial charge in [-0.3, -0.25) is 4.90 Å². The summed E-state index contributed by atoms with van der Waals surface area (Å²) in [4.78, 5) is 13.9. The van der Waals surface area contributed by atoms with Crippen molar-refractivity contribution in [1.29, 1.82) is 0 Å². The number of hydrogen-bond acceptors (Lipinski definition) is 5. The van der Waals surface area contributed by atoms with Crippen LogP contribution in [0.15, 0.2) is 6.07 Å². The maximum Gasteiger partial charge on any atom is 0.223 e. The van der Waals surface area contributed by atoms with Crippen LogP contribution in [0, 0.1) is 13.8 Å². The molecule has 5 heteroatoms. The second-order valence-electron chi connectivity index (χ2n) is 5.67. The Hall–Kier alpha value is -1.20. The van der Waals surface area contributed by atoms with Crippen molar-refractivity contribution in [3.63, 3.8) is 0 Å². The minimum Gasteiger partial charge on any atom is -0.353 e. The number of hydrogen-bond donors (Lipinski definition) is 1. The van der Waals surface area contributed by atoms with E-state index in [9.17, 15) is 0 Å². The molecule has 1 aromatic heterocycles. The summed E-state index contributed by atoms with van der Waals surface area (Å²) in [5.74, 6) is 0.751. The summed E-state index contributed by atoms with van der Waals surface area (Å²) in [6.45, 7) is 15.3. The van der Waals surface area contributed by atoms with Gasteiger partial charge in [0.1, 0.15) is 0 Å². The molecule has 0 spiro atoms.